The number of aromatic nitrogens is 2. The van der Waals surface area contributed by atoms with E-state index in [-0.39, 0.29) is 23.6 Å². The smallest absolute Gasteiger partial charge is 0.393 e. The molecule has 1 aromatic heterocycles. The molecule has 0 amide bonds. The summed E-state index contributed by atoms with van der Waals surface area (Å²) in [6.07, 6.45) is -3.90. The maximum atomic E-state index is 13.4. The summed E-state index contributed by atoms with van der Waals surface area (Å²) in [6, 6.07) is 5.40. The third kappa shape index (κ3) is 4.83. The van der Waals surface area contributed by atoms with E-state index in [0.29, 0.717) is 57.6 Å². The molecule has 0 aliphatic carbocycles. The van der Waals surface area contributed by atoms with Crippen LogP contribution in [-0.2, 0) is 17.5 Å². The zero-order chi connectivity index (χ0) is 22.9. The van der Waals surface area contributed by atoms with Crippen LogP contribution in [0.3, 0.4) is 0 Å². The Labute approximate surface area is 184 Å². The van der Waals surface area contributed by atoms with Gasteiger partial charge in [-0.3, -0.25) is 0 Å². The van der Waals surface area contributed by atoms with Gasteiger partial charge in [0.1, 0.15) is 5.69 Å². The Kier molecular flexibility index (Phi) is 6.04. The molecule has 1 unspecified atom stereocenters. The van der Waals surface area contributed by atoms with Crippen molar-refractivity contribution in [1.82, 2.24) is 9.97 Å². The number of benzene rings is 1. The average molecular weight is 452 g/mol. The van der Waals surface area contributed by atoms with Gasteiger partial charge in [0.15, 0.2) is 11.6 Å². The van der Waals surface area contributed by atoms with Gasteiger partial charge in [0.2, 0.25) is 5.95 Å². The largest absolute Gasteiger partial charge is 0.416 e. The predicted molar refractivity (Wildman–Crippen MR) is 116 cm³/mol. The number of rotatable bonds is 5. The molecule has 0 saturated carbocycles. The highest BCUT2D eigenvalue weighted by Gasteiger charge is 2.35. The molecule has 2 aromatic rings. The van der Waals surface area contributed by atoms with Crippen LogP contribution in [0.2, 0.25) is 0 Å². The third-order valence-corrected chi connectivity index (χ3v) is 5.73. The number of nitrogen functional groups attached to an aromatic ring is 1. The fourth-order valence-corrected chi connectivity index (χ4v) is 3.98. The summed E-state index contributed by atoms with van der Waals surface area (Å²) in [5, 5.41) is 13.4. The molecule has 4 rings (SSSR count). The summed E-state index contributed by atoms with van der Waals surface area (Å²) in [7, 11) is 0. The molecular weight excluding hydrogens is 425 g/mol. The Hall–Kier alpha value is -2.79. The van der Waals surface area contributed by atoms with Gasteiger partial charge in [0, 0.05) is 32.7 Å². The van der Waals surface area contributed by atoms with Crippen molar-refractivity contribution >= 4 is 23.3 Å². The van der Waals surface area contributed by atoms with Gasteiger partial charge in [-0.05, 0) is 25.0 Å². The van der Waals surface area contributed by atoms with Crippen LogP contribution >= 0.6 is 0 Å². The van der Waals surface area contributed by atoms with Crippen LogP contribution in [-0.4, -0.2) is 60.1 Å². The normalized spacial score (nSPS) is 21.8. The maximum absolute atomic E-state index is 13.4. The van der Waals surface area contributed by atoms with Gasteiger partial charge in [-0.1, -0.05) is 18.2 Å². The summed E-state index contributed by atoms with van der Waals surface area (Å²) >= 11 is 0. The van der Waals surface area contributed by atoms with Crippen molar-refractivity contribution in [3.05, 3.63) is 35.4 Å². The van der Waals surface area contributed by atoms with Gasteiger partial charge < -0.3 is 30.7 Å². The zero-order valence-corrected chi connectivity index (χ0v) is 17.8. The molecule has 0 spiro atoms. The first kappa shape index (κ1) is 22.4. The number of β-amino-alcohol motifs (C(OH)–C–C–N with tert-alkyl or cyclic N) is 1. The Morgan fingerprint density at radius 1 is 1.16 bits per heavy atom. The molecule has 1 aromatic carbocycles. The standard InChI is InChI=1S/C21H27F3N6O2/c1-20(31)6-7-30(13-20)18-16(25)17(27-19(28-18)29-8-10-32-11-9-29)26-12-14-4-2-3-5-15(14)21(22,23)24/h2-5,31H,6-13,25H2,1H3,(H,26,27,28). The van der Waals surface area contributed by atoms with Crippen LogP contribution in [0.1, 0.15) is 24.5 Å². The SMILES string of the molecule is CC1(O)CCN(c2nc(N3CCOCC3)nc(NCc3ccccc3C(F)(F)F)c2N)C1. The molecule has 8 nitrogen and oxygen atoms in total. The summed E-state index contributed by atoms with van der Waals surface area (Å²) < 4.78 is 45.5. The van der Waals surface area contributed by atoms with E-state index in [4.69, 9.17) is 10.5 Å². The van der Waals surface area contributed by atoms with E-state index >= 15 is 0 Å². The maximum Gasteiger partial charge on any atom is 0.416 e. The Balaban J connectivity index is 1.66. The fourth-order valence-electron chi connectivity index (χ4n) is 3.98. The van der Waals surface area contributed by atoms with Crippen LogP contribution in [0, 0.1) is 0 Å². The van der Waals surface area contributed by atoms with Gasteiger partial charge in [-0.2, -0.15) is 23.1 Å². The molecule has 0 radical (unpaired) electrons. The number of hydrogen-bond donors (Lipinski definition) is 3. The fraction of sp³-hybridized carbons (Fsp3) is 0.524. The molecule has 32 heavy (non-hydrogen) atoms. The molecule has 4 N–H and O–H groups in total. The Morgan fingerprint density at radius 2 is 1.88 bits per heavy atom. The molecule has 2 aliphatic rings. The van der Waals surface area contributed by atoms with Crippen LogP contribution in [0.4, 0.5) is 36.4 Å². The second-order valence-electron chi connectivity index (χ2n) is 8.39. The lowest BCUT2D eigenvalue weighted by atomic mass is 10.1. The van der Waals surface area contributed by atoms with Crippen LogP contribution in [0.25, 0.3) is 0 Å². The van der Waals surface area contributed by atoms with Crippen molar-refractivity contribution in [2.24, 2.45) is 0 Å². The zero-order valence-electron chi connectivity index (χ0n) is 17.8. The molecule has 2 aliphatic heterocycles. The number of anilines is 4. The first-order valence-electron chi connectivity index (χ1n) is 10.5. The van der Waals surface area contributed by atoms with Crippen molar-refractivity contribution < 1.29 is 23.0 Å². The van der Waals surface area contributed by atoms with Crippen LogP contribution < -0.4 is 20.9 Å². The third-order valence-electron chi connectivity index (χ3n) is 5.73. The molecule has 2 fully saturated rings. The van der Waals surface area contributed by atoms with Crippen molar-refractivity contribution in [2.45, 2.75) is 31.7 Å². The van der Waals surface area contributed by atoms with Crippen molar-refractivity contribution in [2.75, 3.05) is 60.2 Å². The van der Waals surface area contributed by atoms with Gasteiger partial charge in [-0.25, -0.2) is 0 Å². The minimum absolute atomic E-state index is 0.0941. The highest BCUT2D eigenvalue weighted by molar-refractivity contribution is 5.77. The average Bonchev–Trinajstić information content (AvgIpc) is 3.12. The van der Waals surface area contributed by atoms with Gasteiger partial charge >= 0.3 is 6.18 Å². The minimum Gasteiger partial charge on any atom is -0.393 e. The summed E-state index contributed by atoms with van der Waals surface area (Å²) in [4.78, 5) is 13.0. The van der Waals surface area contributed by atoms with Crippen molar-refractivity contribution in [1.29, 1.82) is 0 Å². The molecule has 0 bridgehead atoms. The van der Waals surface area contributed by atoms with E-state index in [1.807, 2.05) is 9.80 Å². The lowest BCUT2D eigenvalue weighted by Gasteiger charge is -2.29. The first-order chi connectivity index (χ1) is 15.1. The number of ether oxygens (including phenoxy) is 1. The number of halogens is 3. The van der Waals surface area contributed by atoms with E-state index in [2.05, 4.69) is 15.3 Å². The van der Waals surface area contributed by atoms with Crippen molar-refractivity contribution in [3.8, 4) is 0 Å². The second kappa shape index (κ2) is 8.62. The number of nitrogens with two attached hydrogens (primary N) is 1. The first-order valence-corrected chi connectivity index (χ1v) is 10.5. The van der Waals surface area contributed by atoms with Crippen molar-refractivity contribution in [3.63, 3.8) is 0 Å². The summed E-state index contributed by atoms with van der Waals surface area (Å²) in [6.45, 7) is 4.82. The monoisotopic (exact) mass is 452 g/mol. The molecule has 3 heterocycles. The van der Waals surface area contributed by atoms with Gasteiger partial charge in [0.05, 0.1) is 24.4 Å². The lowest BCUT2D eigenvalue weighted by Crippen LogP contribution is -2.38. The molecular formula is C21H27F3N6O2. The van der Waals surface area contributed by atoms with E-state index in [1.54, 1.807) is 13.0 Å². The highest BCUT2D eigenvalue weighted by atomic mass is 19.4. The quantitative estimate of drug-likeness (QED) is 0.637. The number of morpholine rings is 1. The van der Waals surface area contributed by atoms with E-state index in [0.717, 1.165) is 6.07 Å². The van der Waals surface area contributed by atoms with Gasteiger partial charge in [0.25, 0.3) is 0 Å². The molecule has 11 heteroatoms. The highest BCUT2D eigenvalue weighted by Crippen LogP contribution is 2.36. The Morgan fingerprint density at radius 3 is 2.53 bits per heavy atom. The summed E-state index contributed by atoms with van der Waals surface area (Å²) in [5.74, 6) is 1.15. The number of aliphatic hydroxyl groups is 1. The van der Waals surface area contributed by atoms with Gasteiger partial charge in [-0.15, -0.1) is 0 Å². The topological polar surface area (TPSA) is 99.8 Å². The van der Waals surface area contributed by atoms with E-state index in [1.165, 1.54) is 12.1 Å². The van der Waals surface area contributed by atoms with E-state index < -0.39 is 17.3 Å². The lowest BCUT2D eigenvalue weighted by molar-refractivity contribution is -0.138. The second-order valence-corrected chi connectivity index (χ2v) is 8.39. The molecule has 174 valence electrons. The summed E-state index contributed by atoms with van der Waals surface area (Å²) in [5.41, 5.74) is 5.13. The minimum atomic E-state index is -4.46. The molecule has 2 saturated heterocycles. The Bertz CT molecular complexity index is 963. The molecule has 1 atom stereocenters. The number of nitrogens with one attached hydrogen (secondary N) is 1. The van der Waals surface area contributed by atoms with E-state index in [9.17, 15) is 18.3 Å². The number of nitrogens with zero attached hydrogens (tertiary/aromatic N) is 4. The predicted octanol–water partition coefficient (Wildman–Crippen LogP) is 2.49. The van der Waals surface area contributed by atoms with Crippen LogP contribution in [0.5, 0.6) is 0 Å². The van der Waals surface area contributed by atoms with Crippen LogP contribution in [0.15, 0.2) is 24.3 Å². The number of alkyl halides is 3. The number of hydrogen-bond acceptors (Lipinski definition) is 8.